The van der Waals surface area contributed by atoms with Crippen molar-refractivity contribution >= 4 is 37.7 Å². The number of nitrogens with two attached hydrogens (primary N) is 1. The Labute approximate surface area is 72.0 Å². The molecule has 0 atom stereocenters. The number of rotatable bonds is 4. The van der Waals surface area contributed by atoms with E-state index in [2.05, 4.69) is 31.9 Å². The second-order valence-corrected chi connectivity index (χ2v) is 5.25. The molecule has 0 rings (SSSR count). The molecule has 0 aromatic rings. The molecule has 0 aromatic carbocycles. The summed E-state index contributed by atoms with van der Waals surface area (Å²) in [5.74, 6) is 0.274. The van der Waals surface area contributed by atoms with Crippen LogP contribution in [0.4, 0.5) is 0 Å². The Hall–Kier alpha value is 0.430. The van der Waals surface area contributed by atoms with Gasteiger partial charge in [0.1, 0.15) is 0 Å². The third-order valence-electron chi connectivity index (χ3n) is 0.868. The lowest BCUT2D eigenvalue weighted by Crippen LogP contribution is -2.08. The first kappa shape index (κ1) is 9.43. The molecule has 0 amide bonds. The molecule has 0 fully saturated rings. The Balaban J connectivity index is 3.01. The molecule has 2 nitrogen and oxygen atoms in total. The van der Waals surface area contributed by atoms with Gasteiger partial charge in [0.15, 0.2) is 0 Å². The minimum atomic E-state index is 0.274. The minimum Gasteiger partial charge on any atom is -0.388 e. The van der Waals surface area contributed by atoms with E-state index >= 15 is 0 Å². The molecule has 0 saturated heterocycles. The highest BCUT2D eigenvalue weighted by atomic mass is 79.9. The smallest absolute Gasteiger partial charge is 0.0905 e. The Kier molecular flexibility index (Phi) is 5.48. The Bertz CT molecular complexity index is 93.0. The van der Waals surface area contributed by atoms with Crippen molar-refractivity contribution in [3.05, 3.63) is 0 Å². The lowest BCUT2D eigenvalue weighted by atomic mass is 10.2. The van der Waals surface area contributed by atoms with E-state index in [0.717, 1.165) is 12.8 Å². The van der Waals surface area contributed by atoms with Crippen LogP contribution in [0.25, 0.3) is 0 Å². The number of halogens is 2. The van der Waals surface area contributed by atoms with E-state index in [0.29, 0.717) is 10.2 Å². The molecule has 0 saturated carbocycles. The van der Waals surface area contributed by atoms with Crippen molar-refractivity contribution in [2.75, 3.05) is 0 Å². The summed E-state index contributed by atoms with van der Waals surface area (Å²) in [6.07, 6.45) is 2.68. The monoisotopic (exact) mass is 256 g/mol. The standard InChI is InChI=1S/C5H10Br2N2/c6-4(7)2-1-3-5(8)9/h4H,1-3H2,(H3,8,9). The average molecular weight is 258 g/mol. The van der Waals surface area contributed by atoms with Crippen molar-refractivity contribution < 1.29 is 0 Å². The van der Waals surface area contributed by atoms with E-state index in [1.807, 2.05) is 0 Å². The van der Waals surface area contributed by atoms with Gasteiger partial charge in [-0.25, -0.2) is 0 Å². The van der Waals surface area contributed by atoms with E-state index in [1.165, 1.54) is 0 Å². The number of hydrogen-bond donors (Lipinski definition) is 2. The fourth-order valence-electron chi connectivity index (χ4n) is 0.447. The summed E-state index contributed by atoms with van der Waals surface area (Å²) < 4.78 is 0.365. The third kappa shape index (κ3) is 8.43. The van der Waals surface area contributed by atoms with Crippen molar-refractivity contribution in [1.29, 1.82) is 5.41 Å². The maximum absolute atomic E-state index is 6.89. The van der Waals surface area contributed by atoms with Crippen LogP contribution in [-0.4, -0.2) is 9.57 Å². The SMILES string of the molecule is N=C(N)CCCC(Br)Br. The van der Waals surface area contributed by atoms with Gasteiger partial charge >= 0.3 is 0 Å². The molecule has 0 radical (unpaired) electrons. The van der Waals surface area contributed by atoms with Crippen molar-refractivity contribution in [2.24, 2.45) is 5.73 Å². The van der Waals surface area contributed by atoms with Gasteiger partial charge in [0.25, 0.3) is 0 Å². The van der Waals surface area contributed by atoms with Gasteiger partial charge in [0.2, 0.25) is 0 Å². The zero-order chi connectivity index (χ0) is 7.28. The zero-order valence-corrected chi connectivity index (χ0v) is 8.20. The van der Waals surface area contributed by atoms with E-state index in [9.17, 15) is 0 Å². The van der Waals surface area contributed by atoms with E-state index in [4.69, 9.17) is 11.1 Å². The van der Waals surface area contributed by atoms with Gasteiger partial charge in [-0.15, -0.1) is 0 Å². The molecule has 0 unspecified atom stereocenters. The molecule has 0 bridgehead atoms. The summed E-state index contributed by atoms with van der Waals surface area (Å²) in [5, 5.41) is 6.89. The molecular weight excluding hydrogens is 248 g/mol. The van der Waals surface area contributed by atoms with Gasteiger partial charge in [0, 0.05) is 6.42 Å². The third-order valence-corrected chi connectivity index (χ3v) is 1.78. The van der Waals surface area contributed by atoms with Gasteiger partial charge < -0.3 is 5.73 Å². The van der Waals surface area contributed by atoms with Crippen LogP contribution in [0.3, 0.4) is 0 Å². The maximum atomic E-state index is 6.89. The summed E-state index contributed by atoms with van der Waals surface area (Å²) in [6, 6.07) is 0. The highest BCUT2D eigenvalue weighted by Gasteiger charge is 1.96. The molecule has 0 aliphatic carbocycles. The number of nitrogens with one attached hydrogen (secondary N) is 1. The highest BCUT2D eigenvalue weighted by Crippen LogP contribution is 2.15. The summed E-state index contributed by atoms with van der Waals surface area (Å²) in [6.45, 7) is 0. The van der Waals surface area contributed by atoms with Crippen LogP contribution < -0.4 is 5.73 Å². The fourth-order valence-corrected chi connectivity index (χ4v) is 1.09. The summed E-state index contributed by atoms with van der Waals surface area (Å²) in [7, 11) is 0. The van der Waals surface area contributed by atoms with Crippen LogP contribution in [0.5, 0.6) is 0 Å². The predicted octanol–water partition coefficient (Wildman–Crippen LogP) is 2.21. The number of alkyl halides is 2. The van der Waals surface area contributed by atoms with Gasteiger partial charge in [-0.05, 0) is 12.8 Å². The second-order valence-electron chi connectivity index (χ2n) is 1.81. The molecule has 0 aliphatic heterocycles. The largest absolute Gasteiger partial charge is 0.388 e. The van der Waals surface area contributed by atoms with Crippen LogP contribution in [0, 0.1) is 5.41 Å². The van der Waals surface area contributed by atoms with Crippen molar-refractivity contribution in [3.8, 4) is 0 Å². The first-order valence-electron chi connectivity index (χ1n) is 2.74. The fraction of sp³-hybridized carbons (Fsp3) is 0.800. The molecule has 0 heterocycles. The van der Waals surface area contributed by atoms with Crippen molar-refractivity contribution in [2.45, 2.75) is 23.0 Å². The van der Waals surface area contributed by atoms with Crippen LogP contribution in [0.15, 0.2) is 0 Å². The number of hydrogen-bond acceptors (Lipinski definition) is 1. The first-order chi connectivity index (χ1) is 4.13. The zero-order valence-electron chi connectivity index (χ0n) is 5.03. The Morgan fingerprint density at radius 1 is 1.56 bits per heavy atom. The van der Waals surface area contributed by atoms with E-state index in [1.54, 1.807) is 0 Å². The maximum Gasteiger partial charge on any atom is 0.0905 e. The first-order valence-corrected chi connectivity index (χ1v) is 4.57. The van der Waals surface area contributed by atoms with Crippen LogP contribution in [0.1, 0.15) is 19.3 Å². The molecule has 0 aromatic heterocycles. The normalized spacial score (nSPS) is 10.1. The van der Waals surface area contributed by atoms with Crippen molar-refractivity contribution in [3.63, 3.8) is 0 Å². The Morgan fingerprint density at radius 3 is 2.44 bits per heavy atom. The Morgan fingerprint density at radius 2 is 2.11 bits per heavy atom. The van der Waals surface area contributed by atoms with Gasteiger partial charge in [-0.2, -0.15) is 0 Å². The summed E-state index contributed by atoms with van der Waals surface area (Å²) >= 11 is 6.66. The molecule has 54 valence electrons. The molecule has 4 heteroatoms. The van der Waals surface area contributed by atoms with Crippen LogP contribution in [0.2, 0.25) is 0 Å². The minimum absolute atomic E-state index is 0.274. The quantitative estimate of drug-likeness (QED) is 0.453. The van der Waals surface area contributed by atoms with Crippen molar-refractivity contribution in [1.82, 2.24) is 0 Å². The predicted molar refractivity (Wildman–Crippen MR) is 47.4 cm³/mol. The lowest BCUT2D eigenvalue weighted by Gasteiger charge is -1.98. The molecule has 0 spiro atoms. The summed E-state index contributed by atoms with van der Waals surface area (Å²) in [5.41, 5.74) is 5.13. The second kappa shape index (κ2) is 5.23. The van der Waals surface area contributed by atoms with Crippen LogP contribution >= 0.6 is 31.9 Å². The van der Waals surface area contributed by atoms with E-state index < -0.39 is 0 Å². The van der Waals surface area contributed by atoms with Crippen LogP contribution in [-0.2, 0) is 0 Å². The van der Waals surface area contributed by atoms with Gasteiger partial charge in [-0.1, -0.05) is 31.9 Å². The van der Waals surface area contributed by atoms with Gasteiger partial charge in [-0.3, -0.25) is 5.41 Å². The average Bonchev–Trinajstić information content (AvgIpc) is 1.63. The lowest BCUT2D eigenvalue weighted by molar-refractivity contribution is 0.826. The molecular formula is C5H10Br2N2. The van der Waals surface area contributed by atoms with E-state index in [-0.39, 0.29) is 5.84 Å². The number of amidine groups is 1. The molecule has 3 N–H and O–H groups in total. The topological polar surface area (TPSA) is 49.9 Å². The molecule has 9 heavy (non-hydrogen) atoms. The van der Waals surface area contributed by atoms with Gasteiger partial charge in [0.05, 0.1) is 9.57 Å². The highest BCUT2D eigenvalue weighted by molar-refractivity contribution is 9.24. The molecule has 0 aliphatic rings. The summed E-state index contributed by atoms with van der Waals surface area (Å²) in [4.78, 5) is 0.